The lowest BCUT2D eigenvalue weighted by Crippen LogP contribution is -2.36. The van der Waals surface area contributed by atoms with Crippen molar-refractivity contribution in [1.29, 1.82) is 5.41 Å². The third-order valence-electron chi connectivity index (χ3n) is 2.78. The number of nitrogens with zero attached hydrogens (tertiary/aromatic N) is 3. The number of hydrogen-bond acceptors (Lipinski definition) is 4. The van der Waals surface area contributed by atoms with E-state index in [0.29, 0.717) is 13.1 Å². The van der Waals surface area contributed by atoms with Crippen LogP contribution in [0.3, 0.4) is 0 Å². The first-order valence-electron chi connectivity index (χ1n) is 6.62. The number of sulfonamides is 1. The van der Waals surface area contributed by atoms with E-state index in [0.717, 1.165) is 0 Å². The Morgan fingerprint density at radius 3 is 2.65 bits per heavy atom. The van der Waals surface area contributed by atoms with E-state index >= 15 is 0 Å². The Bertz CT molecular complexity index is 550. The van der Waals surface area contributed by atoms with Crippen molar-refractivity contribution in [3.05, 3.63) is 12.5 Å². The summed E-state index contributed by atoms with van der Waals surface area (Å²) < 4.78 is 28.2. The standard InChI is InChI=1S/C12H23N5O2S/c1-4-16-8-12(15-9-16)20(18,19)17(7-10(2)3)6-5-11(13)14/h8-10H,4-7H2,1-3H3,(H3,13,14). The van der Waals surface area contributed by atoms with Crippen LogP contribution in [-0.2, 0) is 16.6 Å². The van der Waals surface area contributed by atoms with Crippen LogP contribution in [0.1, 0.15) is 27.2 Å². The molecule has 0 aromatic carbocycles. The molecule has 0 saturated carbocycles. The van der Waals surface area contributed by atoms with Crippen molar-refractivity contribution in [2.75, 3.05) is 13.1 Å². The average Bonchev–Trinajstić information content (AvgIpc) is 2.83. The largest absolute Gasteiger partial charge is 0.388 e. The lowest BCUT2D eigenvalue weighted by molar-refractivity contribution is 0.373. The zero-order valence-electron chi connectivity index (χ0n) is 12.2. The average molecular weight is 301 g/mol. The highest BCUT2D eigenvalue weighted by Crippen LogP contribution is 2.15. The quantitative estimate of drug-likeness (QED) is 0.549. The number of amidine groups is 1. The van der Waals surface area contributed by atoms with Gasteiger partial charge < -0.3 is 10.3 Å². The van der Waals surface area contributed by atoms with E-state index in [4.69, 9.17) is 11.1 Å². The molecule has 8 heteroatoms. The number of rotatable bonds is 8. The first-order chi connectivity index (χ1) is 9.27. The third-order valence-corrected chi connectivity index (χ3v) is 4.53. The van der Waals surface area contributed by atoms with Gasteiger partial charge in [0.15, 0.2) is 5.03 Å². The van der Waals surface area contributed by atoms with Crippen molar-refractivity contribution < 1.29 is 8.42 Å². The molecule has 0 aliphatic heterocycles. The van der Waals surface area contributed by atoms with Crippen LogP contribution in [0, 0.1) is 11.3 Å². The van der Waals surface area contributed by atoms with Gasteiger partial charge in [0.25, 0.3) is 10.0 Å². The highest BCUT2D eigenvalue weighted by molar-refractivity contribution is 7.89. The highest BCUT2D eigenvalue weighted by Gasteiger charge is 2.27. The Labute approximate surface area is 120 Å². The molecule has 1 aromatic heterocycles. The maximum atomic E-state index is 12.5. The monoisotopic (exact) mass is 301 g/mol. The Balaban J connectivity index is 2.99. The molecule has 20 heavy (non-hydrogen) atoms. The summed E-state index contributed by atoms with van der Waals surface area (Å²) >= 11 is 0. The maximum Gasteiger partial charge on any atom is 0.262 e. The van der Waals surface area contributed by atoms with Crippen LogP contribution in [0.5, 0.6) is 0 Å². The zero-order valence-corrected chi connectivity index (χ0v) is 13.0. The minimum Gasteiger partial charge on any atom is -0.388 e. The van der Waals surface area contributed by atoms with Gasteiger partial charge in [0, 0.05) is 32.3 Å². The number of aromatic nitrogens is 2. The molecule has 0 amide bonds. The van der Waals surface area contributed by atoms with Gasteiger partial charge in [-0.1, -0.05) is 13.8 Å². The molecule has 1 heterocycles. The number of nitrogens with one attached hydrogen (secondary N) is 1. The lowest BCUT2D eigenvalue weighted by atomic mass is 10.2. The van der Waals surface area contributed by atoms with Gasteiger partial charge in [-0.25, -0.2) is 13.4 Å². The van der Waals surface area contributed by atoms with Crippen LogP contribution in [0.2, 0.25) is 0 Å². The van der Waals surface area contributed by atoms with E-state index in [9.17, 15) is 8.42 Å². The smallest absolute Gasteiger partial charge is 0.262 e. The Kier molecular flexibility index (Phi) is 5.70. The van der Waals surface area contributed by atoms with Crippen LogP contribution in [0.4, 0.5) is 0 Å². The normalized spacial score (nSPS) is 12.2. The van der Waals surface area contributed by atoms with Crippen LogP contribution in [0.15, 0.2) is 17.6 Å². The highest BCUT2D eigenvalue weighted by atomic mass is 32.2. The van der Waals surface area contributed by atoms with Gasteiger partial charge in [-0.2, -0.15) is 4.31 Å². The second-order valence-corrected chi connectivity index (χ2v) is 6.96. The molecule has 1 aromatic rings. The van der Waals surface area contributed by atoms with E-state index in [-0.39, 0.29) is 29.7 Å². The van der Waals surface area contributed by atoms with Crippen LogP contribution < -0.4 is 5.73 Å². The molecule has 0 saturated heterocycles. The molecule has 0 spiro atoms. The summed E-state index contributed by atoms with van der Waals surface area (Å²) in [6.45, 7) is 7.06. The van der Waals surface area contributed by atoms with Crippen molar-refractivity contribution in [2.45, 2.75) is 38.8 Å². The summed E-state index contributed by atoms with van der Waals surface area (Å²) in [6, 6.07) is 0. The van der Waals surface area contributed by atoms with Crippen molar-refractivity contribution >= 4 is 15.9 Å². The van der Waals surface area contributed by atoms with E-state index in [1.165, 1.54) is 16.8 Å². The summed E-state index contributed by atoms with van der Waals surface area (Å²) in [6.07, 6.45) is 3.25. The van der Waals surface area contributed by atoms with Gasteiger partial charge in [-0.15, -0.1) is 0 Å². The fourth-order valence-corrected chi connectivity index (χ4v) is 3.28. The third kappa shape index (κ3) is 4.31. The van der Waals surface area contributed by atoms with Gasteiger partial charge in [0.05, 0.1) is 12.2 Å². The Morgan fingerprint density at radius 2 is 2.20 bits per heavy atom. The van der Waals surface area contributed by atoms with E-state index < -0.39 is 10.0 Å². The van der Waals surface area contributed by atoms with Gasteiger partial charge in [0.2, 0.25) is 0 Å². The summed E-state index contributed by atoms with van der Waals surface area (Å²) in [7, 11) is -3.63. The summed E-state index contributed by atoms with van der Waals surface area (Å²) in [5.41, 5.74) is 5.32. The van der Waals surface area contributed by atoms with Crippen LogP contribution in [0.25, 0.3) is 0 Å². The number of nitrogens with two attached hydrogens (primary N) is 1. The molecular weight excluding hydrogens is 278 g/mol. The van der Waals surface area contributed by atoms with Crippen LogP contribution in [-0.4, -0.2) is 41.2 Å². The maximum absolute atomic E-state index is 12.5. The first kappa shape index (κ1) is 16.6. The number of imidazole rings is 1. The van der Waals surface area contributed by atoms with Crippen molar-refractivity contribution in [3.63, 3.8) is 0 Å². The molecule has 0 radical (unpaired) electrons. The van der Waals surface area contributed by atoms with E-state index in [1.54, 1.807) is 4.57 Å². The molecule has 0 unspecified atom stereocenters. The minimum atomic E-state index is -3.63. The molecule has 7 nitrogen and oxygen atoms in total. The molecule has 0 aliphatic rings. The molecule has 3 N–H and O–H groups in total. The molecular formula is C12H23N5O2S. The van der Waals surface area contributed by atoms with Crippen molar-refractivity contribution in [1.82, 2.24) is 13.9 Å². The predicted molar refractivity (Wildman–Crippen MR) is 78.0 cm³/mol. The second kappa shape index (κ2) is 6.85. The minimum absolute atomic E-state index is 0.0203. The summed E-state index contributed by atoms with van der Waals surface area (Å²) in [5, 5.41) is 7.29. The van der Waals surface area contributed by atoms with E-state index in [1.807, 2.05) is 20.8 Å². The zero-order chi connectivity index (χ0) is 15.3. The van der Waals surface area contributed by atoms with Crippen molar-refractivity contribution in [3.8, 4) is 0 Å². The molecule has 0 fully saturated rings. The van der Waals surface area contributed by atoms with Crippen LogP contribution >= 0.6 is 0 Å². The topological polar surface area (TPSA) is 105 Å². The second-order valence-electron chi connectivity index (χ2n) is 5.07. The first-order valence-corrected chi connectivity index (χ1v) is 8.06. The summed E-state index contributed by atoms with van der Waals surface area (Å²) in [4.78, 5) is 3.96. The predicted octanol–water partition coefficient (Wildman–Crippen LogP) is 0.876. The van der Waals surface area contributed by atoms with Crippen molar-refractivity contribution in [2.24, 2.45) is 11.7 Å². The SMILES string of the molecule is CCn1cnc(S(=O)(=O)N(CCC(=N)N)CC(C)C)c1. The summed E-state index contributed by atoms with van der Waals surface area (Å²) in [5.74, 6) is 0.165. The number of aryl methyl sites for hydroxylation is 1. The Morgan fingerprint density at radius 1 is 1.55 bits per heavy atom. The molecule has 1 rings (SSSR count). The fraction of sp³-hybridized carbons (Fsp3) is 0.667. The van der Waals surface area contributed by atoms with Gasteiger partial charge in [-0.3, -0.25) is 5.41 Å². The van der Waals surface area contributed by atoms with Gasteiger partial charge in [0.1, 0.15) is 0 Å². The number of hydrogen-bond donors (Lipinski definition) is 2. The molecule has 0 atom stereocenters. The molecule has 0 aliphatic carbocycles. The lowest BCUT2D eigenvalue weighted by Gasteiger charge is -2.22. The van der Waals surface area contributed by atoms with E-state index in [2.05, 4.69) is 4.98 Å². The molecule has 114 valence electrons. The van der Waals surface area contributed by atoms with Gasteiger partial charge >= 0.3 is 0 Å². The molecule has 0 bridgehead atoms. The van der Waals surface area contributed by atoms with Gasteiger partial charge in [-0.05, 0) is 12.8 Å². The Hall–Kier alpha value is -1.41. The fourth-order valence-electron chi connectivity index (χ4n) is 1.74.